The molecule has 0 aromatic carbocycles. The summed E-state index contributed by atoms with van der Waals surface area (Å²) in [6, 6.07) is 5.88. The van der Waals surface area contributed by atoms with Gasteiger partial charge in [0.25, 0.3) is 0 Å². The van der Waals surface area contributed by atoms with E-state index >= 15 is 0 Å². The van der Waals surface area contributed by atoms with E-state index in [9.17, 15) is 0 Å². The smallest absolute Gasteiger partial charge is 0.108 e. The summed E-state index contributed by atoms with van der Waals surface area (Å²) in [5.41, 5.74) is 1.01. The predicted octanol–water partition coefficient (Wildman–Crippen LogP) is 2.13. The van der Waals surface area contributed by atoms with E-state index in [0.29, 0.717) is 0 Å². The second-order valence-electron chi connectivity index (χ2n) is 2.43. The largest absolute Gasteiger partial charge is 0.374 e. The lowest BCUT2D eigenvalue weighted by Crippen LogP contribution is -2.05. The molecular weight excluding hydrogens is 170 g/mol. The van der Waals surface area contributed by atoms with Gasteiger partial charge in [0.2, 0.25) is 0 Å². The van der Waals surface area contributed by atoms with Crippen LogP contribution in [-0.2, 0) is 4.74 Å². The van der Waals surface area contributed by atoms with Crippen molar-refractivity contribution in [2.75, 3.05) is 19.1 Å². The van der Waals surface area contributed by atoms with Crippen LogP contribution in [0.1, 0.15) is 11.8 Å². The van der Waals surface area contributed by atoms with Crippen LogP contribution >= 0.6 is 11.8 Å². The summed E-state index contributed by atoms with van der Waals surface area (Å²) in [5.74, 6) is 0.952. The Balaban J connectivity index is 2.66. The minimum Gasteiger partial charge on any atom is -0.374 e. The number of rotatable bonds is 4. The Morgan fingerprint density at radius 2 is 2.42 bits per heavy atom. The molecular formula is C9H13NOS. The van der Waals surface area contributed by atoms with Crippen molar-refractivity contribution < 1.29 is 4.74 Å². The van der Waals surface area contributed by atoms with Crippen molar-refractivity contribution in [3.63, 3.8) is 0 Å². The van der Waals surface area contributed by atoms with Crippen LogP contribution in [0.2, 0.25) is 0 Å². The lowest BCUT2D eigenvalue weighted by molar-refractivity contribution is 0.120. The normalized spacial score (nSPS) is 12.8. The van der Waals surface area contributed by atoms with E-state index in [4.69, 9.17) is 4.74 Å². The van der Waals surface area contributed by atoms with Crippen LogP contribution in [0.5, 0.6) is 0 Å². The number of pyridine rings is 1. The van der Waals surface area contributed by atoms with Crippen LogP contribution in [0.4, 0.5) is 0 Å². The monoisotopic (exact) mass is 183 g/mol. The molecule has 0 aliphatic rings. The summed E-state index contributed by atoms with van der Waals surface area (Å²) >= 11 is 1.76. The molecule has 0 amide bonds. The number of nitrogens with zero attached hydrogens (tertiary/aromatic N) is 1. The van der Waals surface area contributed by atoms with Gasteiger partial charge in [-0.05, 0) is 18.4 Å². The fourth-order valence-electron chi connectivity index (χ4n) is 0.992. The van der Waals surface area contributed by atoms with Crippen molar-refractivity contribution >= 4 is 11.8 Å². The third-order valence-electron chi connectivity index (χ3n) is 1.62. The fraction of sp³-hybridized carbons (Fsp3) is 0.444. The Kier molecular flexibility index (Phi) is 4.11. The molecule has 1 aromatic heterocycles. The van der Waals surface area contributed by atoms with Crippen molar-refractivity contribution in [1.82, 2.24) is 4.98 Å². The van der Waals surface area contributed by atoms with Gasteiger partial charge in [-0.2, -0.15) is 11.8 Å². The van der Waals surface area contributed by atoms with Crippen molar-refractivity contribution in [3.8, 4) is 0 Å². The van der Waals surface area contributed by atoms with E-state index in [1.807, 2.05) is 18.2 Å². The molecule has 2 nitrogen and oxygen atoms in total. The summed E-state index contributed by atoms with van der Waals surface area (Å²) in [5, 5.41) is 0. The summed E-state index contributed by atoms with van der Waals surface area (Å²) in [6.07, 6.45) is 3.98. The summed E-state index contributed by atoms with van der Waals surface area (Å²) in [4.78, 5) is 4.23. The van der Waals surface area contributed by atoms with E-state index in [0.717, 1.165) is 11.4 Å². The lowest BCUT2D eigenvalue weighted by atomic mass is 10.2. The maximum absolute atomic E-state index is 5.29. The van der Waals surface area contributed by atoms with E-state index < -0.39 is 0 Å². The molecule has 1 rings (SSSR count). The zero-order chi connectivity index (χ0) is 8.81. The molecule has 3 heteroatoms. The molecule has 1 aromatic rings. The standard InChI is InChI=1S/C9H13NOS/c1-11-9(7-12-2)8-5-3-4-6-10-8/h3-6,9H,7H2,1-2H3. The number of aromatic nitrogens is 1. The molecule has 0 N–H and O–H groups in total. The molecule has 0 radical (unpaired) electrons. The number of ether oxygens (including phenoxy) is 1. The molecule has 1 unspecified atom stereocenters. The highest BCUT2D eigenvalue weighted by molar-refractivity contribution is 7.98. The lowest BCUT2D eigenvalue weighted by Gasteiger charge is -2.12. The number of methoxy groups -OCH3 is 1. The van der Waals surface area contributed by atoms with Crippen molar-refractivity contribution in [2.24, 2.45) is 0 Å². The minimum atomic E-state index is 0.126. The summed E-state index contributed by atoms with van der Waals surface area (Å²) < 4.78 is 5.29. The molecule has 12 heavy (non-hydrogen) atoms. The first kappa shape index (κ1) is 9.55. The average molecular weight is 183 g/mol. The summed E-state index contributed by atoms with van der Waals surface area (Å²) in [6.45, 7) is 0. The van der Waals surface area contributed by atoms with Gasteiger partial charge in [-0.25, -0.2) is 0 Å². The molecule has 66 valence electrons. The van der Waals surface area contributed by atoms with Gasteiger partial charge in [0, 0.05) is 19.1 Å². The van der Waals surface area contributed by atoms with Gasteiger partial charge >= 0.3 is 0 Å². The van der Waals surface area contributed by atoms with E-state index in [-0.39, 0.29) is 6.10 Å². The molecule has 1 atom stereocenters. The Morgan fingerprint density at radius 3 is 2.92 bits per heavy atom. The summed E-state index contributed by atoms with van der Waals surface area (Å²) in [7, 11) is 1.72. The highest BCUT2D eigenvalue weighted by atomic mass is 32.2. The van der Waals surface area contributed by atoms with Crippen LogP contribution in [0.15, 0.2) is 24.4 Å². The van der Waals surface area contributed by atoms with Crippen LogP contribution in [-0.4, -0.2) is 24.1 Å². The first-order chi connectivity index (χ1) is 5.88. The quantitative estimate of drug-likeness (QED) is 0.714. The highest BCUT2D eigenvalue weighted by Gasteiger charge is 2.09. The second-order valence-corrected chi connectivity index (χ2v) is 3.34. The van der Waals surface area contributed by atoms with Gasteiger partial charge in [0.1, 0.15) is 6.10 Å². The van der Waals surface area contributed by atoms with Gasteiger partial charge in [-0.3, -0.25) is 4.98 Å². The molecule has 0 spiro atoms. The number of thioether (sulfide) groups is 1. The zero-order valence-corrected chi connectivity index (χ0v) is 8.17. The Labute approximate surface area is 77.3 Å². The van der Waals surface area contributed by atoms with Crippen molar-refractivity contribution in [3.05, 3.63) is 30.1 Å². The molecule has 0 fully saturated rings. The first-order valence-electron chi connectivity index (χ1n) is 3.81. The van der Waals surface area contributed by atoms with Gasteiger partial charge in [0.05, 0.1) is 5.69 Å². The van der Waals surface area contributed by atoms with E-state index in [2.05, 4.69) is 11.2 Å². The van der Waals surface area contributed by atoms with Crippen molar-refractivity contribution in [1.29, 1.82) is 0 Å². The topological polar surface area (TPSA) is 22.1 Å². The van der Waals surface area contributed by atoms with E-state index in [1.54, 1.807) is 25.1 Å². The SMILES string of the molecule is COC(CSC)c1ccccn1. The minimum absolute atomic E-state index is 0.126. The number of hydrogen-bond acceptors (Lipinski definition) is 3. The van der Waals surface area contributed by atoms with Crippen LogP contribution in [0, 0.1) is 0 Å². The van der Waals surface area contributed by atoms with Crippen molar-refractivity contribution in [2.45, 2.75) is 6.10 Å². The third kappa shape index (κ3) is 2.50. The average Bonchev–Trinajstić information content (AvgIpc) is 2.15. The predicted molar refractivity (Wildman–Crippen MR) is 52.4 cm³/mol. The van der Waals surface area contributed by atoms with Crippen LogP contribution < -0.4 is 0 Å². The molecule has 0 aliphatic carbocycles. The maximum Gasteiger partial charge on any atom is 0.108 e. The van der Waals surface area contributed by atoms with Crippen LogP contribution in [0.3, 0.4) is 0 Å². The maximum atomic E-state index is 5.29. The molecule has 1 heterocycles. The van der Waals surface area contributed by atoms with Gasteiger partial charge in [-0.1, -0.05) is 6.07 Å². The molecule has 0 saturated carbocycles. The number of hydrogen-bond donors (Lipinski definition) is 0. The zero-order valence-electron chi connectivity index (χ0n) is 7.36. The van der Waals surface area contributed by atoms with Gasteiger partial charge < -0.3 is 4.74 Å². The Morgan fingerprint density at radius 1 is 1.58 bits per heavy atom. The Bertz CT molecular complexity index is 215. The van der Waals surface area contributed by atoms with Gasteiger partial charge in [0.15, 0.2) is 0 Å². The van der Waals surface area contributed by atoms with Gasteiger partial charge in [-0.15, -0.1) is 0 Å². The van der Waals surface area contributed by atoms with Crippen LogP contribution in [0.25, 0.3) is 0 Å². The third-order valence-corrected chi connectivity index (χ3v) is 2.26. The highest BCUT2D eigenvalue weighted by Crippen LogP contribution is 2.17. The molecule has 0 bridgehead atoms. The molecule has 0 saturated heterocycles. The second kappa shape index (κ2) is 5.17. The first-order valence-corrected chi connectivity index (χ1v) is 5.20. The van der Waals surface area contributed by atoms with E-state index in [1.165, 1.54) is 0 Å². The molecule has 0 aliphatic heterocycles. The Hall–Kier alpha value is -0.540. The fourth-order valence-corrected chi connectivity index (χ4v) is 1.60.